The van der Waals surface area contributed by atoms with Gasteiger partial charge in [-0.1, -0.05) is 25.1 Å². The van der Waals surface area contributed by atoms with Crippen molar-refractivity contribution < 1.29 is 4.79 Å². The molecule has 0 radical (unpaired) electrons. The van der Waals surface area contributed by atoms with Gasteiger partial charge < -0.3 is 11.1 Å². The smallest absolute Gasteiger partial charge is 0.227 e. The molecule has 4 aromatic rings. The van der Waals surface area contributed by atoms with E-state index in [2.05, 4.69) is 26.3 Å². The number of anilines is 2. The molecule has 3 N–H and O–H groups in total. The van der Waals surface area contributed by atoms with Crippen molar-refractivity contribution in [3.8, 4) is 11.1 Å². The highest BCUT2D eigenvalue weighted by atomic mass is 16.1. The van der Waals surface area contributed by atoms with Crippen molar-refractivity contribution in [2.45, 2.75) is 19.3 Å². The van der Waals surface area contributed by atoms with E-state index >= 15 is 0 Å². The molecule has 4 rings (SSSR count). The maximum absolute atomic E-state index is 11.1. The molecule has 0 aliphatic carbocycles. The molecule has 1 unspecified atom stereocenters. The molecule has 0 bridgehead atoms. The molecule has 6 nitrogen and oxygen atoms in total. The summed E-state index contributed by atoms with van der Waals surface area (Å²) in [6.45, 7) is 1.99. The van der Waals surface area contributed by atoms with Gasteiger partial charge in [-0.3, -0.25) is 9.78 Å². The van der Waals surface area contributed by atoms with Crippen molar-refractivity contribution in [3.63, 3.8) is 0 Å². The first-order chi connectivity index (χ1) is 14.1. The van der Waals surface area contributed by atoms with E-state index in [0.717, 1.165) is 33.3 Å². The third-order valence-electron chi connectivity index (χ3n) is 4.84. The Morgan fingerprint density at radius 2 is 1.79 bits per heavy atom. The summed E-state index contributed by atoms with van der Waals surface area (Å²) in [6.07, 6.45) is 5.71. The van der Waals surface area contributed by atoms with Gasteiger partial charge in [0.05, 0.1) is 5.52 Å². The number of aromatic nitrogens is 3. The minimum Gasteiger partial charge on any atom is -0.370 e. The van der Waals surface area contributed by atoms with Gasteiger partial charge in [0.1, 0.15) is 0 Å². The number of nitrogens with zero attached hydrogens (tertiary/aromatic N) is 3. The summed E-state index contributed by atoms with van der Waals surface area (Å²) in [5, 5.41) is 4.20. The summed E-state index contributed by atoms with van der Waals surface area (Å²) in [6, 6.07) is 17.9. The van der Waals surface area contributed by atoms with Crippen molar-refractivity contribution in [2.75, 3.05) is 5.32 Å². The van der Waals surface area contributed by atoms with Crippen LogP contribution in [0.25, 0.3) is 22.0 Å². The topological polar surface area (TPSA) is 93.8 Å². The standard InChI is InChI=1S/C23H21N5O/c1-15(12-22(24)29)16-2-5-20(6-3-16)27-23-26-14-19-13-18(4-7-21(19)28-23)17-8-10-25-11-9-17/h2-11,13-15H,12H2,1H3,(H2,24,29)(H,26,27,28). The quantitative estimate of drug-likeness (QED) is 0.514. The largest absolute Gasteiger partial charge is 0.370 e. The second kappa shape index (κ2) is 8.06. The van der Waals surface area contributed by atoms with E-state index < -0.39 is 0 Å². The second-order valence-corrected chi connectivity index (χ2v) is 7.02. The average Bonchev–Trinajstić information content (AvgIpc) is 2.74. The van der Waals surface area contributed by atoms with Gasteiger partial charge in [-0.25, -0.2) is 9.97 Å². The first-order valence-corrected chi connectivity index (χ1v) is 9.41. The maximum Gasteiger partial charge on any atom is 0.227 e. The molecule has 2 aromatic carbocycles. The Morgan fingerprint density at radius 1 is 1.03 bits per heavy atom. The van der Waals surface area contributed by atoms with Crippen LogP contribution in [0.4, 0.5) is 11.6 Å². The molecule has 1 atom stereocenters. The third kappa shape index (κ3) is 4.38. The van der Waals surface area contributed by atoms with E-state index in [9.17, 15) is 4.79 Å². The van der Waals surface area contributed by atoms with E-state index in [1.54, 1.807) is 12.4 Å². The molecule has 2 aromatic heterocycles. The summed E-state index contributed by atoms with van der Waals surface area (Å²) in [5.74, 6) is 0.330. The molecule has 0 saturated carbocycles. The molecule has 2 heterocycles. The Balaban J connectivity index is 1.52. The Bertz CT molecular complexity index is 1140. The summed E-state index contributed by atoms with van der Waals surface area (Å²) < 4.78 is 0. The summed E-state index contributed by atoms with van der Waals surface area (Å²) >= 11 is 0. The van der Waals surface area contributed by atoms with Gasteiger partial charge in [0, 0.05) is 36.1 Å². The lowest BCUT2D eigenvalue weighted by Gasteiger charge is -2.11. The zero-order valence-electron chi connectivity index (χ0n) is 16.0. The number of hydrogen-bond donors (Lipinski definition) is 2. The molecule has 0 aliphatic rings. The van der Waals surface area contributed by atoms with Crippen LogP contribution in [-0.2, 0) is 4.79 Å². The van der Waals surface area contributed by atoms with Gasteiger partial charge in [-0.15, -0.1) is 0 Å². The Morgan fingerprint density at radius 3 is 2.52 bits per heavy atom. The fourth-order valence-corrected chi connectivity index (χ4v) is 3.26. The van der Waals surface area contributed by atoms with Crippen molar-refractivity contribution in [1.29, 1.82) is 0 Å². The van der Waals surface area contributed by atoms with Gasteiger partial charge >= 0.3 is 0 Å². The molecule has 0 spiro atoms. The summed E-state index contributed by atoms with van der Waals surface area (Å²) in [4.78, 5) is 24.2. The molecule has 144 valence electrons. The number of pyridine rings is 1. The summed E-state index contributed by atoms with van der Waals surface area (Å²) in [7, 11) is 0. The van der Waals surface area contributed by atoms with E-state index in [-0.39, 0.29) is 11.8 Å². The maximum atomic E-state index is 11.1. The van der Waals surface area contributed by atoms with Crippen LogP contribution in [0.3, 0.4) is 0 Å². The number of carbonyl (C=O) groups excluding carboxylic acids is 1. The van der Waals surface area contributed by atoms with Crippen LogP contribution < -0.4 is 11.1 Å². The van der Waals surface area contributed by atoms with Gasteiger partial charge in [0.15, 0.2) is 0 Å². The average molecular weight is 383 g/mol. The zero-order chi connectivity index (χ0) is 20.2. The number of primary amides is 1. The van der Waals surface area contributed by atoms with Crippen molar-refractivity contribution in [2.24, 2.45) is 5.73 Å². The van der Waals surface area contributed by atoms with Crippen LogP contribution in [0, 0.1) is 0 Å². The van der Waals surface area contributed by atoms with E-state index in [4.69, 9.17) is 5.73 Å². The highest BCUT2D eigenvalue weighted by molar-refractivity contribution is 5.84. The lowest BCUT2D eigenvalue weighted by Crippen LogP contribution is -2.13. The van der Waals surface area contributed by atoms with Crippen LogP contribution in [0.5, 0.6) is 0 Å². The Kier molecular flexibility index (Phi) is 5.16. The van der Waals surface area contributed by atoms with Crippen LogP contribution in [-0.4, -0.2) is 20.9 Å². The van der Waals surface area contributed by atoms with Crippen LogP contribution >= 0.6 is 0 Å². The molecule has 0 aliphatic heterocycles. The SMILES string of the molecule is CC(CC(N)=O)c1ccc(Nc2ncc3cc(-c4ccncc4)ccc3n2)cc1. The number of nitrogens with one attached hydrogen (secondary N) is 1. The molecule has 6 heteroatoms. The fraction of sp³-hybridized carbons (Fsp3) is 0.130. The minimum atomic E-state index is -0.295. The van der Waals surface area contributed by atoms with E-state index in [1.807, 2.05) is 61.7 Å². The van der Waals surface area contributed by atoms with Gasteiger partial charge in [0.25, 0.3) is 0 Å². The highest BCUT2D eigenvalue weighted by Crippen LogP contribution is 2.25. The first-order valence-electron chi connectivity index (χ1n) is 9.41. The lowest BCUT2D eigenvalue weighted by atomic mass is 9.97. The predicted molar refractivity (Wildman–Crippen MR) is 115 cm³/mol. The predicted octanol–water partition coefficient (Wildman–Crippen LogP) is 4.41. The number of carbonyl (C=O) groups is 1. The molecule has 29 heavy (non-hydrogen) atoms. The second-order valence-electron chi connectivity index (χ2n) is 7.02. The Labute approximate surface area is 168 Å². The minimum absolute atomic E-state index is 0.0908. The fourth-order valence-electron chi connectivity index (χ4n) is 3.26. The molecular formula is C23H21N5O. The van der Waals surface area contributed by atoms with Crippen molar-refractivity contribution in [3.05, 3.63) is 78.8 Å². The van der Waals surface area contributed by atoms with Crippen molar-refractivity contribution in [1.82, 2.24) is 15.0 Å². The van der Waals surface area contributed by atoms with Gasteiger partial charge in [-0.2, -0.15) is 0 Å². The monoisotopic (exact) mass is 383 g/mol. The first kappa shape index (κ1) is 18.6. The van der Waals surface area contributed by atoms with E-state index in [1.165, 1.54) is 0 Å². The third-order valence-corrected chi connectivity index (χ3v) is 4.84. The van der Waals surface area contributed by atoms with Gasteiger partial charge in [-0.05, 0) is 59.0 Å². The number of amides is 1. The lowest BCUT2D eigenvalue weighted by molar-refractivity contribution is -0.118. The molecule has 0 fully saturated rings. The van der Waals surface area contributed by atoms with Crippen LogP contribution in [0.15, 0.2) is 73.2 Å². The summed E-state index contributed by atoms with van der Waals surface area (Å²) in [5.41, 5.74) is 10.3. The molecule has 1 amide bonds. The van der Waals surface area contributed by atoms with Gasteiger partial charge in [0.2, 0.25) is 11.9 Å². The molecular weight excluding hydrogens is 362 g/mol. The molecule has 0 saturated heterocycles. The normalized spacial score (nSPS) is 11.9. The van der Waals surface area contributed by atoms with E-state index in [0.29, 0.717) is 12.4 Å². The number of hydrogen-bond acceptors (Lipinski definition) is 5. The highest BCUT2D eigenvalue weighted by Gasteiger charge is 2.09. The number of nitrogens with two attached hydrogens (primary N) is 1. The van der Waals surface area contributed by atoms with Crippen LogP contribution in [0.2, 0.25) is 0 Å². The number of benzene rings is 2. The Hall–Kier alpha value is -3.80. The van der Waals surface area contributed by atoms with Crippen molar-refractivity contribution >= 4 is 28.4 Å². The zero-order valence-corrected chi connectivity index (χ0v) is 16.0. The number of fused-ring (bicyclic) bond motifs is 1. The van der Waals surface area contributed by atoms with Crippen LogP contribution in [0.1, 0.15) is 24.8 Å². The number of rotatable bonds is 6.